The number of hydrogen-bond donors (Lipinski definition) is 2. The zero-order chi connectivity index (χ0) is 13.2. The van der Waals surface area contributed by atoms with Crippen molar-refractivity contribution in [1.82, 2.24) is 14.9 Å². The van der Waals surface area contributed by atoms with Crippen LogP contribution >= 0.6 is 0 Å². The third-order valence-corrected chi connectivity index (χ3v) is 3.28. The molecule has 0 spiro atoms. The number of nitrogens with one attached hydrogen (secondary N) is 2. The quantitative estimate of drug-likeness (QED) is 0.881. The number of rotatable bonds is 3. The average molecular weight is 264 g/mol. The number of H-pyrrole nitrogens is 1. The van der Waals surface area contributed by atoms with Crippen LogP contribution in [0.1, 0.15) is 0 Å². The normalized spacial score (nSPS) is 20.8. The highest BCUT2D eigenvalue weighted by atomic mass is 19.1. The summed E-state index contributed by atoms with van der Waals surface area (Å²) in [6.07, 6.45) is 0.156. The highest BCUT2D eigenvalue weighted by Crippen LogP contribution is 2.15. The van der Waals surface area contributed by atoms with E-state index in [9.17, 15) is 4.39 Å². The number of halogens is 1. The van der Waals surface area contributed by atoms with E-state index >= 15 is 0 Å². The molecular weight excluding hydrogens is 247 g/mol. The van der Waals surface area contributed by atoms with Gasteiger partial charge >= 0.3 is 0 Å². The second-order valence-corrected chi connectivity index (χ2v) is 4.88. The van der Waals surface area contributed by atoms with Gasteiger partial charge in [-0.25, -0.2) is 9.37 Å². The lowest BCUT2D eigenvalue weighted by Gasteiger charge is -2.29. The van der Waals surface area contributed by atoms with Gasteiger partial charge in [-0.15, -0.1) is 0 Å². The van der Waals surface area contributed by atoms with E-state index < -0.39 is 0 Å². The number of morpholine rings is 1. The fraction of sp³-hybridized carbons (Fsp3) is 0.462. The van der Waals surface area contributed by atoms with Gasteiger partial charge in [-0.05, 0) is 25.2 Å². The number of aromatic amines is 1. The summed E-state index contributed by atoms with van der Waals surface area (Å²) in [7, 11) is 2.08. The van der Waals surface area contributed by atoms with Crippen molar-refractivity contribution >= 4 is 17.0 Å². The fourth-order valence-electron chi connectivity index (χ4n) is 2.27. The van der Waals surface area contributed by atoms with Gasteiger partial charge in [0.05, 0.1) is 23.7 Å². The van der Waals surface area contributed by atoms with E-state index in [0.717, 1.165) is 25.2 Å². The van der Waals surface area contributed by atoms with E-state index in [1.807, 2.05) is 0 Å². The number of ether oxygens (including phenoxy) is 1. The molecule has 1 atom stereocenters. The molecule has 0 radical (unpaired) electrons. The number of fused-ring (bicyclic) bond motifs is 1. The predicted octanol–water partition coefficient (Wildman–Crippen LogP) is 1.44. The summed E-state index contributed by atoms with van der Waals surface area (Å²) in [6, 6.07) is 4.52. The fourth-order valence-corrected chi connectivity index (χ4v) is 2.27. The summed E-state index contributed by atoms with van der Waals surface area (Å²) >= 11 is 0. The Balaban J connectivity index is 1.65. The third-order valence-electron chi connectivity index (χ3n) is 3.28. The van der Waals surface area contributed by atoms with Gasteiger partial charge in [-0.3, -0.25) is 0 Å². The Morgan fingerprint density at radius 2 is 2.47 bits per heavy atom. The molecule has 2 heterocycles. The Kier molecular flexibility index (Phi) is 3.35. The van der Waals surface area contributed by atoms with Crippen molar-refractivity contribution in [3.8, 4) is 0 Å². The molecule has 1 aliphatic heterocycles. The molecule has 0 saturated carbocycles. The zero-order valence-corrected chi connectivity index (χ0v) is 10.8. The molecular formula is C13H17FN4O. The van der Waals surface area contributed by atoms with Crippen LogP contribution < -0.4 is 5.32 Å². The first kappa shape index (κ1) is 12.4. The maximum atomic E-state index is 13.1. The van der Waals surface area contributed by atoms with Crippen LogP contribution in [-0.4, -0.2) is 54.3 Å². The van der Waals surface area contributed by atoms with Crippen molar-refractivity contribution in [3.63, 3.8) is 0 Å². The van der Waals surface area contributed by atoms with Crippen molar-refractivity contribution < 1.29 is 9.13 Å². The minimum atomic E-state index is -0.264. The van der Waals surface area contributed by atoms with Gasteiger partial charge < -0.3 is 19.9 Å². The molecule has 0 aliphatic carbocycles. The van der Waals surface area contributed by atoms with Crippen molar-refractivity contribution in [2.75, 3.05) is 38.6 Å². The van der Waals surface area contributed by atoms with Gasteiger partial charge in [0.2, 0.25) is 5.95 Å². The van der Waals surface area contributed by atoms with Gasteiger partial charge in [0.25, 0.3) is 0 Å². The lowest BCUT2D eigenvalue weighted by molar-refractivity contribution is -0.0117. The summed E-state index contributed by atoms with van der Waals surface area (Å²) in [4.78, 5) is 9.65. The summed E-state index contributed by atoms with van der Waals surface area (Å²) in [6.45, 7) is 3.32. The average Bonchev–Trinajstić information content (AvgIpc) is 2.78. The number of imidazole rings is 1. The highest BCUT2D eigenvalue weighted by molar-refractivity contribution is 5.77. The Hall–Kier alpha value is -1.66. The van der Waals surface area contributed by atoms with E-state index in [-0.39, 0.29) is 11.9 Å². The largest absolute Gasteiger partial charge is 0.374 e. The Labute approximate surface area is 110 Å². The van der Waals surface area contributed by atoms with Crippen molar-refractivity contribution in [2.24, 2.45) is 0 Å². The van der Waals surface area contributed by atoms with E-state index in [4.69, 9.17) is 4.74 Å². The zero-order valence-electron chi connectivity index (χ0n) is 10.8. The second-order valence-electron chi connectivity index (χ2n) is 4.88. The van der Waals surface area contributed by atoms with E-state index in [1.165, 1.54) is 12.1 Å². The molecule has 102 valence electrons. The Morgan fingerprint density at radius 3 is 3.32 bits per heavy atom. The van der Waals surface area contributed by atoms with Crippen LogP contribution in [0, 0.1) is 5.82 Å². The van der Waals surface area contributed by atoms with Crippen LogP contribution in [0.15, 0.2) is 18.2 Å². The van der Waals surface area contributed by atoms with Crippen LogP contribution in [0.4, 0.5) is 10.3 Å². The molecule has 5 nitrogen and oxygen atoms in total. The molecule has 1 fully saturated rings. The molecule has 6 heteroatoms. The molecule has 2 aromatic rings. The van der Waals surface area contributed by atoms with Gasteiger partial charge in [0.15, 0.2) is 0 Å². The lowest BCUT2D eigenvalue weighted by atomic mass is 10.3. The number of nitrogens with zero attached hydrogens (tertiary/aromatic N) is 2. The van der Waals surface area contributed by atoms with Crippen molar-refractivity contribution in [2.45, 2.75) is 6.10 Å². The monoisotopic (exact) mass is 264 g/mol. The second kappa shape index (κ2) is 5.14. The van der Waals surface area contributed by atoms with Gasteiger partial charge in [-0.1, -0.05) is 0 Å². The molecule has 1 aromatic carbocycles. The minimum Gasteiger partial charge on any atom is -0.374 e. The first-order chi connectivity index (χ1) is 9.20. The first-order valence-electron chi connectivity index (χ1n) is 6.40. The van der Waals surface area contributed by atoms with Crippen LogP contribution in [0.25, 0.3) is 11.0 Å². The molecule has 1 aliphatic rings. The third kappa shape index (κ3) is 2.85. The lowest BCUT2D eigenvalue weighted by Crippen LogP contribution is -2.43. The molecule has 1 unspecified atom stereocenters. The van der Waals surface area contributed by atoms with Crippen LogP contribution in [0.5, 0.6) is 0 Å². The maximum Gasteiger partial charge on any atom is 0.201 e. The number of benzene rings is 1. The molecule has 19 heavy (non-hydrogen) atoms. The number of hydrogen-bond acceptors (Lipinski definition) is 4. The van der Waals surface area contributed by atoms with Gasteiger partial charge in [0.1, 0.15) is 5.82 Å². The predicted molar refractivity (Wildman–Crippen MR) is 71.8 cm³/mol. The Bertz CT molecular complexity index is 571. The van der Waals surface area contributed by atoms with Crippen molar-refractivity contribution in [3.05, 3.63) is 24.0 Å². The molecule has 0 bridgehead atoms. The SMILES string of the molecule is CN1CCOC(CNc2nc3ccc(F)cc3[nH]2)C1. The summed E-state index contributed by atoms with van der Waals surface area (Å²) in [5.74, 6) is 0.386. The van der Waals surface area contributed by atoms with Gasteiger partial charge in [-0.2, -0.15) is 0 Å². The van der Waals surface area contributed by atoms with Crippen molar-refractivity contribution in [1.29, 1.82) is 0 Å². The number of anilines is 1. The van der Waals surface area contributed by atoms with Crippen LogP contribution in [0.2, 0.25) is 0 Å². The molecule has 0 amide bonds. The molecule has 2 N–H and O–H groups in total. The topological polar surface area (TPSA) is 53.2 Å². The van der Waals surface area contributed by atoms with Crippen LogP contribution in [0.3, 0.4) is 0 Å². The minimum absolute atomic E-state index is 0.156. The van der Waals surface area contributed by atoms with E-state index in [0.29, 0.717) is 18.0 Å². The highest BCUT2D eigenvalue weighted by Gasteiger charge is 2.17. The molecule has 1 aromatic heterocycles. The maximum absolute atomic E-state index is 13.1. The summed E-state index contributed by atoms with van der Waals surface area (Å²) < 4.78 is 18.7. The Morgan fingerprint density at radius 1 is 1.58 bits per heavy atom. The number of aromatic nitrogens is 2. The number of likely N-dealkylation sites (N-methyl/N-ethyl adjacent to an activating group) is 1. The smallest absolute Gasteiger partial charge is 0.201 e. The first-order valence-corrected chi connectivity index (χ1v) is 6.40. The van der Waals surface area contributed by atoms with Gasteiger partial charge in [0, 0.05) is 19.6 Å². The van der Waals surface area contributed by atoms with E-state index in [2.05, 4.69) is 27.2 Å². The summed E-state index contributed by atoms with van der Waals surface area (Å²) in [5, 5.41) is 3.20. The van der Waals surface area contributed by atoms with Crippen LogP contribution in [-0.2, 0) is 4.74 Å². The molecule has 1 saturated heterocycles. The standard InChI is InChI=1S/C13H17FN4O/c1-18-4-5-19-10(8-18)7-15-13-16-11-3-2-9(14)6-12(11)17-13/h2-3,6,10H,4-5,7-8H2,1H3,(H2,15,16,17). The molecule has 3 rings (SSSR count). The summed E-state index contributed by atoms with van der Waals surface area (Å²) in [5.41, 5.74) is 1.45. The van der Waals surface area contributed by atoms with E-state index in [1.54, 1.807) is 6.07 Å².